The van der Waals surface area contributed by atoms with Crippen LogP contribution in [0.5, 0.6) is 5.75 Å². The molecule has 12 heteroatoms. The molecule has 11 nitrogen and oxygen atoms in total. The average molecular weight is 713 g/mol. The third kappa shape index (κ3) is 7.96. The van der Waals surface area contributed by atoms with Crippen molar-refractivity contribution >= 4 is 49.8 Å². The number of para-hydroxylation sites is 1. The molecule has 3 amide bonds. The van der Waals surface area contributed by atoms with E-state index in [4.69, 9.17) is 19.9 Å². The van der Waals surface area contributed by atoms with E-state index in [-0.39, 0.29) is 36.6 Å². The molecule has 3 aliphatic rings. The summed E-state index contributed by atoms with van der Waals surface area (Å²) in [7, 11) is -3.50. The van der Waals surface area contributed by atoms with Gasteiger partial charge >= 0.3 is 0 Å². The maximum Gasteiger partial charge on any atom is 0.240 e. The number of nitrogens with one attached hydrogen (secondary N) is 1. The van der Waals surface area contributed by atoms with Gasteiger partial charge in [-0.1, -0.05) is 67.0 Å². The number of primary amides is 1. The summed E-state index contributed by atoms with van der Waals surface area (Å²) in [5.41, 5.74) is 10.5. The van der Waals surface area contributed by atoms with E-state index in [1.807, 2.05) is 67.6 Å². The molecule has 3 fully saturated rings. The third-order valence-corrected chi connectivity index (χ3v) is 12.0. The van der Waals surface area contributed by atoms with Crippen molar-refractivity contribution in [2.75, 3.05) is 6.54 Å². The number of amides is 3. The van der Waals surface area contributed by atoms with Gasteiger partial charge in [0.15, 0.2) is 11.3 Å². The van der Waals surface area contributed by atoms with E-state index < -0.39 is 33.3 Å². The van der Waals surface area contributed by atoms with Gasteiger partial charge in [0.05, 0.1) is 17.5 Å². The summed E-state index contributed by atoms with van der Waals surface area (Å²) in [6.45, 7) is 2.28. The zero-order valence-electron chi connectivity index (χ0n) is 28.8. The van der Waals surface area contributed by atoms with Crippen molar-refractivity contribution in [1.29, 1.82) is 0 Å². The summed E-state index contributed by atoms with van der Waals surface area (Å²) in [5, 5.41) is 0.474. The first-order chi connectivity index (χ1) is 24.6. The third-order valence-electron chi connectivity index (χ3n) is 10.1. The Bertz CT molecular complexity index is 2090. The molecule has 268 valence electrons. The summed E-state index contributed by atoms with van der Waals surface area (Å²) < 4.78 is 39.0. The summed E-state index contributed by atoms with van der Waals surface area (Å²) in [5.74, 6) is -0.704. The minimum absolute atomic E-state index is 0.0991. The first-order valence-corrected chi connectivity index (χ1v) is 19.5. The number of ether oxygens (including phenoxy) is 1. The molecule has 3 heterocycles. The number of carbonyl (C=O) groups excluding carboxylic acids is 3. The molecular weight excluding hydrogens is 669 g/mol. The highest BCUT2D eigenvalue weighted by Gasteiger charge is 2.45. The number of nitrogens with two attached hydrogens (primary N) is 1. The minimum atomic E-state index is -3.50. The van der Waals surface area contributed by atoms with Crippen LogP contribution in [0.3, 0.4) is 0 Å². The van der Waals surface area contributed by atoms with Crippen LogP contribution in [0.15, 0.2) is 71.2 Å². The summed E-state index contributed by atoms with van der Waals surface area (Å²) in [6.07, 6.45) is 10.5. The number of aromatic nitrogens is 1. The van der Waals surface area contributed by atoms with Gasteiger partial charge in [-0.25, -0.2) is 13.4 Å². The van der Waals surface area contributed by atoms with Crippen molar-refractivity contribution in [3.63, 3.8) is 0 Å². The van der Waals surface area contributed by atoms with Crippen molar-refractivity contribution in [3.05, 3.63) is 72.3 Å². The molecule has 2 aromatic heterocycles. The average Bonchev–Trinajstić information content (AvgIpc) is 4.03. The second-order valence-electron chi connectivity index (χ2n) is 14.2. The SMILES string of the molecule is Cc1ccc(-c2cc(O[C@@H]3C[C@@H](C(N)=O)N(C(=O)CCCCCC/C=C\[C@@H]4C[C@@H]4C(=O)NS(=O)(=O)C4CC4)C3)c3oc4ccccc4c3n2)cc1. The number of nitrogens with zero attached hydrogens (tertiary/aromatic N) is 2. The Morgan fingerprint density at radius 3 is 2.57 bits per heavy atom. The molecule has 0 spiro atoms. The van der Waals surface area contributed by atoms with Crippen LogP contribution in [0.1, 0.15) is 69.8 Å². The number of furan rings is 1. The second kappa shape index (κ2) is 14.5. The highest BCUT2D eigenvalue weighted by atomic mass is 32.2. The lowest BCUT2D eigenvalue weighted by atomic mass is 10.1. The van der Waals surface area contributed by atoms with Crippen molar-refractivity contribution < 1.29 is 32.0 Å². The molecule has 0 bridgehead atoms. The standard InChI is InChI=1S/C39H44N4O7S/c1-24-14-16-25(17-15-24)31-22-34(37-36(41-31)29-11-8-9-12-33(29)50-37)49-27-21-32(38(40)45)43(23-27)35(44)13-7-5-3-2-4-6-10-26-20-30(26)39(46)42-51(47,48)28-18-19-28/h6,8-12,14-17,22,26-28,30,32H,2-5,7,13,18-21,23H2,1H3,(H2,40,45)(H,42,46)/b10-6-/t26-,27-,30+,32+/m1/s1. The van der Waals surface area contributed by atoms with Gasteiger partial charge in [-0.2, -0.15) is 0 Å². The Hall–Kier alpha value is -4.71. The Morgan fingerprint density at radius 2 is 1.80 bits per heavy atom. The van der Waals surface area contributed by atoms with Crippen LogP contribution < -0.4 is 15.2 Å². The monoisotopic (exact) mass is 712 g/mol. The molecule has 2 aromatic carbocycles. The van der Waals surface area contributed by atoms with Crippen molar-refractivity contribution in [3.8, 4) is 17.0 Å². The molecule has 2 aliphatic carbocycles. The molecule has 0 radical (unpaired) electrons. The first kappa shape index (κ1) is 34.7. The number of likely N-dealkylation sites (tertiary alicyclic amines) is 1. The van der Waals surface area contributed by atoms with Gasteiger partial charge < -0.3 is 19.8 Å². The van der Waals surface area contributed by atoms with Crippen LogP contribution >= 0.6 is 0 Å². The molecule has 2 saturated carbocycles. The minimum Gasteiger partial charge on any atom is -0.484 e. The predicted molar refractivity (Wildman–Crippen MR) is 194 cm³/mol. The number of fused-ring (bicyclic) bond motifs is 3. The molecule has 1 aliphatic heterocycles. The molecule has 0 unspecified atom stereocenters. The lowest BCUT2D eigenvalue weighted by molar-refractivity contribution is -0.137. The van der Waals surface area contributed by atoms with E-state index in [0.717, 1.165) is 47.9 Å². The fraction of sp³-hybridized carbons (Fsp3) is 0.436. The molecule has 51 heavy (non-hydrogen) atoms. The molecule has 4 aromatic rings. The van der Waals surface area contributed by atoms with Crippen LogP contribution in [-0.2, 0) is 24.4 Å². The number of hydrogen-bond donors (Lipinski definition) is 2. The topological polar surface area (TPSA) is 162 Å². The van der Waals surface area contributed by atoms with E-state index >= 15 is 0 Å². The highest BCUT2D eigenvalue weighted by Crippen LogP contribution is 2.41. The van der Waals surface area contributed by atoms with Gasteiger partial charge in [0, 0.05) is 35.8 Å². The number of pyridine rings is 1. The first-order valence-electron chi connectivity index (χ1n) is 17.9. The Morgan fingerprint density at radius 1 is 1.04 bits per heavy atom. The lowest BCUT2D eigenvalue weighted by Gasteiger charge is -2.22. The molecular formula is C39H44N4O7S. The highest BCUT2D eigenvalue weighted by molar-refractivity contribution is 7.90. The van der Waals surface area contributed by atoms with E-state index in [2.05, 4.69) is 10.8 Å². The van der Waals surface area contributed by atoms with E-state index in [9.17, 15) is 22.8 Å². The van der Waals surface area contributed by atoms with Crippen LogP contribution in [-0.4, -0.2) is 60.0 Å². The fourth-order valence-corrected chi connectivity index (χ4v) is 8.29. The second-order valence-corrected chi connectivity index (χ2v) is 16.1. The summed E-state index contributed by atoms with van der Waals surface area (Å²) >= 11 is 0. The number of carbonyl (C=O) groups is 3. The van der Waals surface area contributed by atoms with E-state index in [0.29, 0.717) is 54.5 Å². The van der Waals surface area contributed by atoms with Gasteiger partial charge in [-0.15, -0.1) is 0 Å². The van der Waals surface area contributed by atoms with E-state index in [1.165, 1.54) is 0 Å². The van der Waals surface area contributed by atoms with Gasteiger partial charge in [0.2, 0.25) is 27.7 Å². The fourth-order valence-electron chi connectivity index (χ4n) is 6.93. The van der Waals surface area contributed by atoms with Gasteiger partial charge in [-0.3, -0.25) is 19.1 Å². The van der Waals surface area contributed by atoms with Crippen LogP contribution in [0.2, 0.25) is 0 Å². The number of aryl methyl sites for hydroxylation is 1. The zero-order valence-corrected chi connectivity index (χ0v) is 29.6. The number of hydrogen-bond acceptors (Lipinski definition) is 8. The largest absolute Gasteiger partial charge is 0.484 e. The number of benzene rings is 2. The van der Waals surface area contributed by atoms with Crippen molar-refractivity contribution in [2.24, 2.45) is 17.6 Å². The Balaban J connectivity index is 0.906. The van der Waals surface area contributed by atoms with Gasteiger partial charge in [0.25, 0.3) is 0 Å². The molecule has 7 rings (SSSR count). The Kier molecular flexibility index (Phi) is 9.87. The smallest absolute Gasteiger partial charge is 0.240 e. The number of allylic oxidation sites excluding steroid dienone is 2. The Labute approximate surface area is 297 Å². The molecule has 4 atom stereocenters. The maximum absolute atomic E-state index is 13.3. The maximum atomic E-state index is 13.3. The quantitative estimate of drug-likeness (QED) is 0.113. The lowest BCUT2D eigenvalue weighted by Crippen LogP contribution is -2.43. The van der Waals surface area contributed by atoms with Gasteiger partial charge in [0.1, 0.15) is 23.2 Å². The van der Waals surface area contributed by atoms with Crippen LogP contribution in [0.4, 0.5) is 0 Å². The summed E-state index contributed by atoms with van der Waals surface area (Å²) in [6, 6.07) is 16.9. The van der Waals surface area contributed by atoms with Crippen molar-refractivity contribution in [2.45, 2.75) is 88.5 Å². The zero-order chi connectivity index (χ0) is 35.7. The number of unbranched alkanes of at least 4 members (excludes halogenated alkanes) is 4. The normalized spacial score (nSPS) is 21.8. The van der Waals surface area contributed by atoms with E-state index in [1.54, 1.807) is 4.90 Å². The molecule has 1 saturated heterocycles. The predicted octanol–water partition coefficient (Wildman–Crippen LogP) is 5.93. The van der Waals surface area contributed by atoms with Crippen LogP contribution in [0.25, 0.3) is 33.3 Å². The summed E-state index contributed by atoms with van der Waals surface area (Å²) in [4.78, 5) is 44.5. The number of rotatable bonds is 15. The van der Waals surface area contributed by atoms with Crippen molar-refractivity contribution in [1.82, 2.24) is 14.6 Å². The molecule has 3 N–H and O–H groups in total. The van der Waals surface area contributed by atoms with Gasteiger partial charge in [-0.05, 0) is 63.5 Å². The number of sulfonamides is 1. The van der Waals surface area contributed by atoms with Crippen LogP contribution in [0, 0.1) is 18.8 Å².